The van der Waals surface area contributed by atoms with E-state index in [1.54, 1.807) is 18.2 Å². The summed E-state index contributed by atoms with van der Waals surface area (Å²) in [6.07, 6.45) is -4.37. The molecular formula is C12H10ClF3N2S. The minimum atomic E-state index is -4.37. The first-order valence-corrected chi connectivity index (χ1v) is 6.50. The molecule has 1 aromatic carbocycles. The van der Waals surface area contributed by atoms with E-state index in [0.717, 1.165) is 17.0 Å². The third-order valence-electron chi connectivity index (χ3n) is 2.59. The van der Waals surface area contributed by atoms with Gasteiger partial charge in [-0.3, -0.25) is 5.84 Å². The van der Waals surface area contributed by atoms with Gasteiger partial charge in [-0.05, 0) is 29.8 Å². The predicted molar refractivity (Wildman–Crippen MR) is 69.9 cm³/mol. The molecule has 2 rings (SSSR count). The van der Waals surface area contributed by atoms with Crippen LogP contribution in [0.25, 0.3) is 0 Å². The van der Waals surface area contributed by atoms with Crippen molar-refractivity contribution in [2.75, 3.05) is 0 Å². The Morgan fingerprint density at radius 1 is 1.21 bits per heavy atom. The quantitative estimate of drug-likeness (QED) is 0.665. The minimum absolute atomic E-state index is 0.441. The Bertz CT molecular complexity index is 568. The molecule has 1 aromatic heterocycles. The molecule has 2 aromatic rings. The van der Waals surface area contributed by atoms with Gasteiger partial charge >= 0.3 is 6.18 Å². The van der Waals surface area contributed by atoms with Gasteiger partial charge in [0.1, 0.15) is 0 Å². The lowest BCUT2D eigenvalue weighted by atomic mass is 10.0. The maximum absolute atomic E-state index is 12.7. The smallest absolute Gasteiger partial charge is 0.271 e. The maximum atomic E-state index is 12.7. The first-order chi connectivity index (χ1) is 8.91. The maximum Gasteiger partial charge on any atom is 0.416 e. The molecule has 2 nitrogen and oxygen atoms in total. The highest BCUT2D eigenvalue weighted by Crippen LogP contribution is 2.34. The second-order valence-corrected chi connectivity index (χ2v) is 5.61. The Balaban J connectivity index is 2.39. The van der Waals surface area contributed by atoms with Crippen LogP contribution in [0.5, 0.6) is 0 Å². The molecule has 0 fully saturated rings. The molecule has 7 heteroatoms. The van der Waals surface area contributed by atoms with Crippen molar-refractivity contribution in [3.63, 3.8) is 0 Å². The van der Waals surface area contributed by atoms with Crippen molar-refractivity contribution in [2.24, 2.45) is 5.84 Å². The minimum Gasteiger partial charge on any atom is -0.271 e. The normalized spacial score (nSPS) is 13.5. The monoisotopic (exact) mass is 306 g/mol. The first-order valence-electron chi connectivity index (χ1n) is 5.30. The molecule has 1 unspecified atom stereocenters. The largest absolute Gasteiger partial charge is 0.416 e. The van der Waals surface area contributed by atoms with Crippen LogP contribution in [0.1, 0.15) is 22.0 Å². The van der Waals surface area contributed by atoms with E-state index >= 15 is 0 Å². The average Bonchev–Trinajstić information content (AvgIpc) is 2.76. The fourth-order valence-corrected chi connectivity index (χ4v) is 2.87. The first kappa shape index (κ1) is 14.3. The van der Waals surface area contributed by atoms with Crippen LogP contribution in [0.4, 0.5) is 13.2 Å². The van der Waals surface area contributed by atoms with Crippen molar-refractivity contribution < 1.29 is 13.2 Å². The van der Waals surface area contributed by atoms with E-state index in [1.807, 2.05) is 0 Å². The average molecular weight is 307 g/mol. The van der Waals surface area contributed by atoms with Crippen LogP contribution in [-0.2, 0) is 6.18 Å². The van der Waals surface area contributed by atoms with Crippen LogP contribution in [0.15, 0.2) is 36.4 Å². The third kappa shape index (κ3) is 3.27. The van der Waals surface area contributed by atoms with Gasteiger partial charge in [-0.15, -0.1) is 11.3 Å². The zero-order valence-electron chi connectivity index (χ0n) is 9.54. The molecule has 0 radical (unpaired) electrons. The van der Waals surface area contributed by atoms with Gasteiger partial charge in [0.25, 0.3) is 0 Å². The van der Waals surface area contributed by atoms with Crippen molar-refractivity contribution >= 4 is 22.9 Å². The van der Waals surface area contributed by atoms with Crippen molar-refractivity contribution in [1.29, 1.82) is 0 Å². The molecular weight excluding hydrogens is 297 g/mol. The zero-order valence-corrected chi connectivity index (χ0v) is 11.1. The molecule has 19 heavy (non-hydrogen) atoms. The summed E-state index contributed by atoms with van der Waals surface area (Å²) in [4.78, 5) is 0.756. The summed E-state index contributed by atoms with van der Waals surface area (Å²) in [7, 11) is 0. The summed E-state index contributed by atoms with van der Waals surface area (Å²) in [5.41, 5.74) is 2.25. The fourth-order valence-electron chi connectivity index (χ4n) is 1.72. The Labute approximate surface area is 117 Å². The Kier molecular flexibility index (Phi) is 4.15. The summed E-state index contributed by atoms with van der Waals surface area (Å²) in [6, 6.07) is 7.96. The Morgan fingerprint density at radius 3 is 2.47 bits per heavy atom. The van der Waals surface area contributed by atoms with Gasteiger partial charge in [0.15, 0.2) is 0 Å². The molecule has 1 heterocycles. The van der Waals surface area contributed by atoms with Crippen LogP contribution in [-0.4, -0.2) is 0 Å². The van der Waals surface area contributed by atoms with Crippen molar-refractivity contribution in [1.82, 2.24) is 5.43 Å². The van der Waals surface area contributed by atoms with Crippen molar-refractivity contribution in [3.8, 4) is 0 Å². The molecule has 0 saturated carbocycles. The zero-order chi connectivity index (χ0) is 14.0. The highest BCUT2D eigenvalue weighted by molar-refractivity contribution is 7.16. The number of benzene rings is 1. The van der Waals surface area contributed by atoms with Crippen molar-refractivity contribution in [3.05, 3.63) is 56.7 Å². The second kappa shape index (κ2) is 5.50. The van der Waals surface area contributed by atoms with Crippen LogP contribution < -0.4 is 11.3 Å². The number of nitrogens with two attached hydrogens (primary N) is 1. The van der Waals surface area contributed by atoms with Gasteiger partial charge in [-0.2, -0.15) is 13.2 Å². The number of hydrogen-bond donors (Lipinski definition) is 2. The van der Waals surface area contributed by atoms with E-state index in [0.29, 0.717) is 9.90 Å². The van der Waals surface area contributed by atoms with Crippen LogP contribution in [0, 0.1) is 0 Å². The summed E-state index contributed by atoms with van der Waals surface area (Å²) in [5, 5.41) is 0. The number of nitrogens with one attached hydrogen (secondary N) is 1. The van der Waals surface area contributed by atoms with Gasteiger partial charge in [-0.1, -0.05) is 23.7 Å². The predicted octanol–water partition coefficient (Wildman–Crippen LogP) is 3.97. The number of halogens is 4. The van der Waals surface area contributed by atoms with Crippen LogP contribution in [0.3, 0.4) is 0 Å². The molecule has 1 atom stereocenters. The molecule has 0 saturated heterocycles. The lowest BCUT2D eigenvalue weighted by Gasteiger charge is -2.16. The van der Waals surface area contributed by atoms with Gasteiger partial charge in [-0.25, -0.2) is 5.43 Å². The van der Waals surface area contributed by atoms with Crippen molar-refractivity contribution in [2.45, 2.75) is 12.2 Å². The SMILES string of the molecule is NNC(c1cccc(C(F)(F)F)c1)c1ccc(Cl)s1. The Hall–Kier alpha value is -1.08. The number of hydrogen-bond acceptors (Lipinski definition) is 3. The molecule has 0 bridgehead atoms. The topological polar surface area (TPSA) is 38.0 Å². The molecule has 102 valence electrons. The second-order valence-electron chi connectivity index (χ2n) is 3.86. The number of thiophene rings is 1. The number of rotatable bonds is 3. The molecule has 0 aliphatic rings. The standard InChI is InChI=1S/C12H10ClF3N2S/c13-10-5-4-9(19-10)11(18-17)7-2-1-3-8(6-7)12(14,15)16/h1-6,11,18H,17H2. The van der Waals surface area contributed by atoms with E-state index in [2.05, 4.69) is 5.43 Å². The molecule has 0 spiro atoms. The third-order valence-corrected chi connectivity index (χ3v) is 3.89. The lowest BCUT2D eigenvalue weighted by molar-refractivity contribution is -0.137. The van der Waals surface area contributed by atoms with E-state index in [-0.39, 0.29) is 0 Å². The summed E-state index contributed by atoms with van der Waals surface area (Å²) in [6.45, 7) is 0. The highest BCUT2D eigenvalue weighted by Gasteiger charge is 2.31. The summed E-state index contributed by atoms with van der Waals surface area (Å²) < 4.78 is 38.6. The highest BCUT2D eigenvalue weighted by atomic mass is 35.5. The van der Waals surface area contributed by atoms with Gasteiger partial charge in [0, 0.05) is 4.88 Å². The van der Waals surface area contributed by atoms with E-state index < -0.39 is 17.8 Å². The van der Waals surface area contributed by atoms with Gasteiger partial charge < -0.3 is 0 Å². The van der Waals surface area contributed by atoms with Crippen LogP contribution >= 0.6 is 22.9 Å². The van der Waals surface area contributed by atoms with Gasteiger partial charge in [0.05, 0.1) is 15.9 Å². The van der Waals surface area contributed by atoms with Crippen LogP contribution in [0.2, 0.25) is 4.34 Å². The molecule has 0 aliphatic heterocycles. The lowest BCUT2D eigenvalue weighted by Crippen LogP contribution is -2.28. The fraction of sp³-hybridized carbons (Fsp3) is 0.167. The number of hydrazine groups is 1. The molecule has 0 aliphatic carbocycles. The molecule has 0 amide bonds. The Morgan fingerprint density at radius 2 is 1.95 bits per heavy atom. The van der Waals surface area contributed by atoms with Gasteiger partial charge in [0.2, 0.25) is 0 Å². The molecule has 3 N–H and O–H groups in total. The summed E-state index contributed by atoms with van der Waals surface area (Å²) >= 11 is 7.09. The summed E-state index contributed by atoms with van der Waals surface area (Å²) in [5.74, 6) is 5.44. The number of alkyl halides is 3. The van der Waals surface area contributed by atoms with E-state index in [4.69, 9.17) is 17.4 Å². The van der Waals surface area contributed by atoms with E-state index in [1.165, 1.54) is 17.4 Å². The van der Waals surface area contributed by atoms with E-state index in [9.17, 15) is 13.2 Å².